The van der Waals surface area contributed by atoms with E-state index in [-0.39, 0.29) is 31.6 Å². The van der Waals surface area contributed by atoms with Gasteiger partial charge in [0.1, 0.15) is 18.1 Å². The number of aliphatic hydroxyl groups excluding tert-OH is 1. The number of aliphatic hydroxyl groups is 1. The number of aliphatic carboxylic acids is 2. The number of rotatable bonds is 15. The fourth-order valence-electron chi connectivity index (χ4n) is 3.36. The Hall–Kier alpha value is -3.51. The summed E-state index contributed by atoms with van der Waals surface area (Å²) in [6.07, 6.45) is -1.68. The van der Waals surface area contributed by atoms with Crippen LogP contribution >= 0.6 is 0 Å². The lowest BCUT2D eigenvalue weighted by atomic mass is 10.0. The highest BCUT2D eigenvalue weighted by Crippen LogP contribution is 2.09. The summed E-state index contributed by atoms with van der Waals surface area (Å²) in [6, 6.07) is 3.54. The first-order valence-corrected chi connectivity index (χ1v) is 11.6. The number of hydrogen-bond acceptors (Lipinski definition) is 7. The molecular weight excluding hydrogens is 472 g/mol. The van der Waals surface area contributed by atoms with E-state index in [0.717, 1.165) is 0 Å². The van der Waals surface area contributed by atoms with Gasteiger partial charge in [0.15, 0.2) is 0 Å². The molecule has 0 aliphatic carbocycles. The number of benzene rings is 1. The molecule has 12 heteroatoms. The molecule has 8 N–H and O–H groups in total. The minimum absolute atomic E-state index is 0.0113. The Kier molecular flexibility index (Phi) is 12.5. The average Bonchev–Trinajstić information content (AvgIpc) is 2.79. The molecule has 0 aliphatic heterocycles. The Bertz CT molecular complexity index is 907. The molecule has 1 rings (SSSR count). The van der Waals surface area contributed by atoms with Crippen molar-refractivity contribution in [2.75, 3.05) is 0 Å². The van der Waals surface area contributed by atoms with E-state index in [1.165, 1.54) is 6.92 Å². The minimum atomic E-state index is -1.50. The molecule has 12 nitrogen and oxygen atoms in total. The summed E-state index contributed by atoms with van der Waals surface area (Å²) in [4.78, 5) is 60.6. The van der Waals surface area contributed by atoms with Crippen LogP contribution in [-0.2, 0) is 30.4 Å². The van der Waals surface area contributed by atoms with Gasteiger partial charge in [-0.15, -0.1) is 0 Å². The number of nitrogens with two attached hydrogens (primary N) is 1. The average molecular weight is 509 g/mol. The maximum atomic E-state index is 13.0. The molecule has 0 bridgehead atoms. The standard InChI is InChI=1S/C24H36N4O8/c1-13(2)11-17(26-21(32)16(25)9-10-19(30)31)22(33)28-20(14(3)29)23(34)27-18(24(35)36)12-15-7-5-4-6-8-15/h4-8,13-14,16-18,20,29H,9-12,25H2,1-3H3,(H,26,32)(H,27,34)(H,28,33)(H,30,31)(H,35,36). The lowest BCUT2D eigenvalue weighted by Gasteiger charge is -2.27. The fourth-order valence-corrected chi connectivity index (χ4v) is 3.36. The van der Waals surface area contributed by atoms with Crippen molar-refractivity contribution in [3.05, 3.63) is 35.9 Å². The summed E-state index contributed by atoms with van der Waals surface area (Å²) < 4.78 is 0. The largest absolute Gasteiger partial charge is 0.481 e. The molecule has 0 aliphatic rings. The number of carbonyl (C=O) groups is 5. The molecule has 0 saturated carbocycles. The maximum absolute atomic E-state index is 13.0. The van der Waals surface area contributed by atoms with Gasteiger partial charge in [0.05, 0.1) is 12.1 Å². The molecule has 1 aromatic rings. The van der Waals surface area contributed by atoms with Gasteiger partial charge in [-0.3, -0.25) is 19.2 Å². The molecule has 0 aromatic heterocycles. The summed E-state index contributed by atoms with van der Waals surface area (Å²) >= 11 is 0. The Morgan fingerprint density at radius 1 is 0.861 bits per heavy atom. The van der Waals surface area contributed by atoms with Crippen LogP contribution in [0.15, 0.2) is 30.3 Å². The van der Waals surface area contributed by atoms with Gasteiger partial charge < -0.3 is 37.0 Å². The number of nitrogens with one attached hydrogen (secondary N) is 3. The van der Waals surface area contributed by atoms with Gasteiger partial charge in [0, 0.05) is 12.8 Å². The van der Waals surface area contributed by atoms with Crippen LogP contribution in [0, 0.1) is 5.92 Å². The van der Waals surface area contributed by atoms with Gasteiger partial charge in [-0.05, 0) is 31.2 Å². The zero-order valence-electron chi connectivity index (χ0n) is 20.6. The van der Waals surface area contributed by atoms with Gasteiger partial charge in [0.2, 0.25) is 17.7 Å². The SMILES string of the molecule is CC(C)CC(NC(=O)C(N)CCC(=O)O)C(=O)NC(C(=O)NC(Cc1ccccc1)C(=O)O)C(C)O. The van der Waals surface area contributed by atoms with Crippen molar-refractivity contribution in [2.45, 2.75) is 76.7 Å². The van der Waals surface area contributed by atoms with Gasteiger partial charge in [-0.25, -0.2) is 4.79 Å². The highest BCUT2D eigenvalue weighted by Gasteiger charge is 2.33. The molecular formula is C24H36N4O8. The van der Waals surface area contributed by atoms with Crippen molar-refractivity contribution in [2.24, 2.45) is 11.7 Å². The number of carbonyl (C=O) groups excluding carboxylic acids is 3. The second kappa shape index (κ2) is 14.8. The highest BCUT2D eigenvalue weighted by molar-refractivity contribution is 5.94. The zero-order valence-corrected chi connectivity index (χ0v) is 20.6. The van der Waals surface area contributed by atoms with Crippen LogP contribution in [0.3, 0.4) is 0 Å². The molecule has 0 fully saturated rings. The predicted octanol–water partition coefficient (Wildman–Crippen LogP) is -0.613. The molecule has 36 heavy (non-hydrogen) atoms. The van der Waals surface area contributed by atoms with Crippen LogP contribution in [0.1, 0.15) is 45.6 Å². The van der Waals surface area contributed by atoms with E-state index >= 15 is 0 Å². The smallest absolute Gasteiger partial charge is 0.326 e. The predicted molar refractivity (Wildman–Crippen MR) is 130 cm³/mol. The topological polar surface area (TPSA) is 208 Å². The van der Waals surface area contributed by atoms with Gasteiger partial charge in [0.25, 0.3) is 0 Å². The van der Waals surface area contributed by atoms with Crippen LogP contribution in [-0.4, -0.2) is 75.3 Å². The molecule has 1 aromatic carbocycles. The summed E-state index contributed by atoms with van der Waals surface area (Å²) in [5, 5.41) is 35.6. The van der Waals surface area contributed by atoms with E-state index in [2.05, 4.69) is 16.0 Å². The summed E-state index contributed by atoms with van der Waals surface area (Å²) in [6.45, 7) is 4.86. The molecule has 5 unspecified atom stereocenters. The number of amides is 3. The van der Waals surface area contributed by atoms with E-state index in [1.807, 2.05) is 0 Å². The third kappa shape index (κ3) is 10.8. The van der Waals surface area contributed by atoms with Crippen molar-refractivity contribution >= 4 is 29.7 Å². The summed E-state index contributed by atoms with van der Waals surface area (Å²) in [7, 11) is 0. The first-order valence-electron chi connectivity index (χ1n) is 11.6. The van der Waals surface area contributed by atoms with Crippen molar-refractivity contribution < 1.29 is 39.3 Å². The van der Waals surface area contributed by atoms with Crippen molar-refractivity contribution in [3.8, 4) is 0 Å². The van der Waals surface area contributed by atoms with Crippen LogP contribution < -0.4 is 21.7 Å². The molecule has 5 atom stereocenters. The summed E-state index contributed by atoms with van der Waals surface area (Å²) in [5.74, 6) is -4.88. The van der Waals surface area contributed by atoms with Gasteiger partial charge in [-0.1, -0.05) is 44.2 Å². The molecule has 0 heterocycles. The molecule has 3 amide bonds. The van der Waals surface area contributed by atoms with Crippen LogP contribution in [0.2, 0.25) is 0 Å². The van der Waals surface area contributed by atoms with Crippen LogP contribution in [0.25, 0.3) is 0 Å². The quantitative estimate of drug-likeness (QED) is 0.161. The number of carboxylic acid groups (broad SMARTS) is 2. The first-order chi connectivity index (χ1) is 16.8. The second-order valence-corrected chi connectivity index (χ2v) is 9.05. The van der Waals surface area contributed by atoms with Crippen LogP contribution in [0.4, 0.5) is 0 Å². The van der Waals surface area contributed by atoms with E-state index in [1.54, 1.807) is 44.2 Å². The number of hydrogen-bond donors (Lipinski definition) is 7. The lowest BCUT2D eigenvalue weighted by molar-refractivity contribution is -0.143. The van der Waals surface area contributed by atoms with Crippen molar-refractivity contribution in [1.29, 1.82) is 0 Å². The first kappa shape index (κ1) is 30.5. The van der Waals surface area contributed by atoms with E-state index in [4.69, 9.17) is 10.8 Å². The van der Waals surface area contributed by atoms with E-state index < -0.39 is 59.9 Å². The monoisotopic (exact) mass is 508 g/mol. The van der Waals surface area contributed by atoms with Crippen LogP contribution in [0.5, 0.6) is 0 Å². The van der Waals surface area contributed by atoms with Gasteiger partial charge >= 0.3 is 11.9 Å². The molecule has 0 saturated heterocycles. The zero-order chi connectivity index (χ0) is 27.4. The van der Waals surface area contributed by atoms with E-state index in [9.17, 15) is 34.2 Å². The summed E-state index contributed by atoms with van der Waals surface area (Å²) in [5.41, 5.74) is 6.39. The Morgan fingerprint density at radius 3 is 1.94 bits per heavy atom. The lowest BCUT2D eigenvalue weighted by Crippen LogP contribution is -2.60. The Labute approximate surface area is 209 Å². The molecule has 0 spiro atoms. The van der Waals surface area contributed by atoms with Crippen molar-refractivity contribution in [3.63, 3.8) is 0 Å². The fraction of sp³-hybridized carbons (Fsp3) is 0.542. The normalized spacial score (nSPS) is 15.2. The molecule has 200 valence electrons. The highest BCUT2D eigenvalue weighted by atomic mass is 16.4. The second-order valence-electron chi connectivity index (χ2n) is 9.05. The third-order valence-electron chi connectivity index (χ3n) is 5.31. The minimum Gasteiger partial charge on any atom is -0.481 e. The Morgan fingerprint density at radius 2 is 1.44 bits per heavy atom. The van der Waals surface area contributed by atoms with E-state index in [0.29, 0.717) is 5.56 Å². The maximum Gasteiger partial charge on any atom is 0.326 e. The van der Waals surface area contributed by atoms with Crippen molar-refractivity contribution in [1.82, 2.24) is 16.0 Å². The van der Waals surface area contributed by atoms with Gasteiger partial charge in [-0.2, -0.15) is 0 Å². The number of carboxylic acids is 2. The molecule has 0 radical (unpaired) electrons. The third-order valence-corrected chi connectivity index (χ3v) is 5.31. The Balaban J connectivity index is 2.94.